The third-order valence-corrected chi connectivity index (χ3v) is 0.402. The Bertz CT molecular complexity index is 148. The Morgan fingerprint density at radius 3 is 1.00 bits per heavy atom. The maximum absolute atomic E-state index is 9.47. The predicted octanol–water partition coefficient (Wildman–Crippen LogP) is -0.869. The zero-order valence-corrected chi connectivity index (χ0v) is 6.66. The number of carbonyl (C=O) groups is 3. The molecule has 0 aliphatic carbocycles. The lowest BCUT2D eigenvalue weighted by Crippen LogP contribution is -2.04. The zero-order valence-electron chi connectivity index (χ0n) is 6.66. The molecule has 0 aromatic heterocycles. The molecule has 0 bridgehead atoms. The molecule has 0 aromatic rings. The van der Waals surface area contributed by atoms with Crippen molar-refractivity contribution in [3.05, 3.63) is 25.3 Å². The molecule has 2 amide bonds. The number of rotatable bonds is 2. The summed E-state index contributed by atoms with van der Waals surface area (Å²) in [5.74, 6) is -0.963. The van der Waals surface area contributed by atoms with Gasteiger partial charge in [-0.05, 0) is 12.2 Å². The molecule has 0 unspecified atom stereocenters. The number of carbonyl (C=O) groups excluding carboxylic acids is 3. The van der Waals surface area contributed by atoms with E-state index < -0.39 is 11.8 Å². The quantitative estimate of drug-likeness (QED) is 0.529. The summed E-state index contributed by atoms with van der Waals surface area (Å²) in [6.07, 6.45) is 2.11. The van der Waals surface area contributed by atoms with Gasteiger partial charge in [0.1, 0.15) is 6.79 Å². The number of nitrogens with two attached hydrogens (primary N) is 2. The van der Waals surface area contributed by atoms with E-state index in [4.69, 9.17) is 4.79 Å². The van der Waals surface area contributed by atoms with Crippen LogP contribution < -0.4 is 11.5 Å². The van der Waals surface area contributed by atoms with E-state index in [-0.39, 0.29) is 0 Å². The Labute approximate surface area is 70.7 Å². The molecule has 5 heteroatoms. The topological polar surface area (TPSA) is 103 Å². The molecule has 0 rings (SSSR count). The molecular weight excluding hydrogens is 160 g/mol. The second kappa shape index (κ2) is 16.0. The molecule has 0 heterocycles. The first-order valence-electron chi connectivity index (χ1n) is 2.67. The Morgan fingerprint density at radius 2 is 1.00 bits per heavy atom. The highest BCUT2D eigenvalue weighted by Gasteiger charge is 1.69. The van der Waals surface area contributed by atoms with Crippen molar-refractivity contribution in [2.75, 3.05) is 0 Å². The highest BCUT2D eigenvalue weighted by molar-refractivity contribution is 5.85. The number of primary amides is 2. The van der Waals surface area contributed by atoms with E-state index in [1.165, 1.54) is 0 Å². The SMILES string of the molecule is C=CC(N)=O.C=CC(N)=O.C=O. The van der Waals surface area contributed by atoms with E-state index in [1.807, 2.05) is 6.79 Å². The van der Waals surface area contributed by atoms with Gasteiger partial charge < -0.3 is 16.3 Å². The van der Waals surface area contributed by atoms with Crippen molar-refractivity contribution in [3.8, 4) is 0 Å². The average molecular weight is 172 g/mol. The lowest BCUT2D eigenvalue weighted by atomic mass is 10.6. The third kappa shape index (κ3) is 93.1. The van der Waals surface area contributed by atoms with E-state index in [0.29, 0.717) is 0 Å². The summed E-state index contributed by atoms with van der Waals surface area (Å²) in [6.45, 7) is 8.17. The molecule has 0 saturated heterocycles. The van der Waals surface area contributed by atoms with Crippen LogP contribution in [0.1, 0.15) is 0 Å². The van der Waals surface area contributed by atoms with Gasteiger partial charge in [-0.1, -0.05) is 13.2 Å². The Balaban J connectivity index is -0.000000112. The summed E-state index contributed by atoms with van der Waals surface area (Å²) >= 11 is 0. The molecule has 0 atom stereocenters. The molecule has 68 valence electrons. The highest BCUT2D eigenvalue weighted by Crippen LogP contribution is 1.49. The van der Waals surface area contributed by atoms with Crippen LogP contribution in [-0.4, -0.2) is 18.6 Å². The van der Waals surface area contributed by atoms with Crippen molar-refractivity contribution >= 4 is 18.6 Å². The lowest BCUT2D eigenvalue weighted by Gasteiger charge is -1.65. The maximum atomic E-state index is 9.47. The molecule has 0 spiro atoms. The van der Waals surface area contributed by atoms with E-state index in [2.05, 4.69) is 24.6 Å². The van der Waals surface area contributed by atoms with Crippen LogP contribution in [-0.2, 0) is 14.4 Å². The van der Waals surface area contributed by atoms with Gasteiger partial charge in [0.25, 0.3) is 0 Å². The monoisotopic (exact) mass is 172 g/mol. The molecule has 0 radical (unpaired) electrons. The molecule has 0 fully saturated rings. The van der Waals surface area contributed by atoms with Crippen LogP contribution in [0.15, 0.2) is 25.3 Å². The normalized spacial score (nSPS) is 5.67. The van der Waals surface area contributed by atoms with Gasteiger partial charge in [-0.15, -0.1) is 0 Å². The van der Waals surface area contributed by atoms with Crippen molar-refractivity contribution in [1.29, 1.82) is 0 Å². The molecule has 5 nitrogen and oxygen atoms in total. The maximum Gasteiger partial charge on any atom is 0.240 e. The van der Waals surface area contributed by atoms with Crippen molar-refractivity contribution in [3.63, 3.8) is 0 Å². The van der Waals surface area contributed by atoms with Crippen LogP contribution in [0.25, 0.3) is 0 Å². The number of hydrogen-bond donors (Lipinski definition) is 2. The van der Waals surface area contributed by atoms with E-state index >= 15 is 0 Å². The van der Waals surface area contributed by atoms with Crippen LogP contribution in [0.3, 0.4) is 0 Å². The molecule has 0 aliphatic rings. The van der Waals surface area contributed by atoms with Gasteiger partial charge in [-0.25, -0.2) is 0 Å². The van der Waals surface area contributed by atoms with Crippen molar-refractivity contribution < 1.29 is 14.4 Å². The van der Waals surface area contributed by atoms with Gasteiger partial charge in [0.15, 0.2) is 0 Å². The second-order valence-corrected chi connectivity index (χ2v) is 1.21. The van der Waals surface area contributed by atoms with Crippen LogP contribution in [0.4, 0.5) is 0 Å². The van der Waals surface area contributed by atoms with Gasteiger partial charge in [-0.2, -0.15) is 0 Å². The predicted molar refractivity (Wildman–Crippen MR) is 45.9 cm³/mol. The fraction of sp³-hybridized carbons (Fsp3) is 0. The molecule has 4 N–H and O–H groups in total. The zero-order chi connectivity index (χ0) is 10.6. The lowest BCUT2D eigenvalue weighted by molar-refractivity contribution is -0.114. The number of amides is 2. The minimum atomic E-state index is -0.481. The summed E-state index contributed by atoms with van der Waals surface area (Å²) in [7, 11) is 0. The van der Waals surface area contributed by atoms with Gasteiger partial charge >= 0.3 is 0 Å². The Morgan fingerprint density at radius 1 is 0.917 bits per heavy atom. The summed E-state index contributed by atoms with van der Waals surface area (Å²) in [5.41, 5.74) is 9.07. The van der Waals surface area contributed by atoms with Gasteiger partial charge in [0, 0.05) is 0 Å². The van der Waals surface area contributed by atoms with Crippen LogP contribution >= 0.6 is 0 Å². The number of hydrogen-bond acceptors (Lipinski definition) is 3. The highest BCUT2D eigenvalue weighted by atomic mass is 16.1. The third-order valence-electron chi connectivity index (χ3n) is 0.402. The summed E-state index contributed by atoms with van der Waals surface area (Å²) in [5, 5.41) is 0. The van der Waals surface area contributed by atoms with Crippen LogP contribution in [0.2, 0.25) is 0 Å². The first-order valence-corrected chi connectivity index (χ1v) is 2.67. The minimum Gasteiger partial charge on any atom is -0.366 e. The Hall–Kier alpha value is -1.91. The largest absolute Gasteiger partial charge is 0.366 e. The fourth-order valence-corrected chi connectivity index (χ4v) is 0. The van der Waals surface area contributed by atoms with E-state index in [9.17, 15) is 9.59 Å². The standard InChI is InChI=1S/2C3H5NO.CH2O/c2*1-2-3(4)5;1-2/h2*2H,1H2,(H2,4,5);1H2. The van der Waals surface area contributed by atoms with E-state index in [1.54, 1.807) is 0 Å². The van der Waals surface area contributed by atoms with Gasteiger partial charge in [-0.3, -0.25) is 9.59 Å². The smallest absolute Gasteiger partial charge is 0.240 e. The van der Waals surface area contributed by atoms with Gasteiger partial charge in [0.2, 0.25) is 11.8 Å². The Kier molecular flexibility index (Phi) is 22.2. The van der Waals surface area contributed by atoms with Crippen molar-refractivity contribution in [1.82, 2.24) is 0 Å². The molecule has 0 aromatic carbocycles. The van der Waals surface area contributed by atoms with Crippen molar-refractivity contribution in [2.24, 2.45) is 11.5 Å². The molecule has 0 saturated carbocycles. The van der Waals surface area contributed by atoms with E-state index in [0.717, 1.165) is 12.2 Å². The average Bonchev–Trinajstić information content (AvgIpc) is 2.09. The van der Waals surface area contributed by atoms with Gasteiger partial charge in [0.05, 0.1) is 0 Å². The fourth-order valence-electron chi connectivity index (χ4n) is 0. The molecular formula is C7H12N2O3. The summed E-state index contributed by atoms with van der Waals surface area (Å²) in [6, 6.07) is 0. The van der Waals surface area contributed by atoms with Crippen LogP contribution in [0.5, 0.6) is 0 Å². The first-order chi connectivity index (χ1) is 5.54. The molecule has 12 heavy (non-hydrogen) atoms. The van der Waals surface area contributed by atoms with Crippen molar-refractivity contribution in [2.45, 2.75) is 0 Å². The minimum absolute atomic E-state index is 0.481. The van der Waals surface area contributed by atoms with Crippen LogP contribution in [0, 0.1) is 0 Å². The second-order valence-electron chi connectivity index (χ2n) is 1.21. The first kappa shape index (κ1) is 16.6. The summed E-state index contributed by atoms with van der Waals surface area (Å²) < 4.78 is 0. The molecule has 0 aliphatic heterocycles. The summed E-state index contributed by atoms with van der Waals surface area (Å²) in [4.78, 5) is 26.9.